The van der Waals surface area contributed by atoms with Gasteiger partial charge in [0.25, 0.3) is 5.91 Å². The molecule has 160 valence electrons. The standard InChI is InChI=1S/C23H24N4O4/c1-26-12-11-15-7-8-17(13-19(15)26)24-21(28)10-9-18-22(29)27(23(30)25-18)14-16-5-3-4-6-20(16)31-2/h3-8,11-13,18H,9-10,14H2,1-2H3,(H,24,28)(H,25,30)/t18-/m1/s1. The molecule has 1 aliphatic rings. The number of urea groups is 1. The molecule has 1 aliphatic heterocycles. The predicted octanol–water partition coefficient (Wildman–Crippen LogP) is 3.03. The fraction of sp³-hybridized carbons (Fsp3) is 0.261. The maximum absolute atomic E-state index is 12.7. The number of aryl methyl sites for hydroxylation is 1. The van der Waals surface area contributed by atoms with Crippen molar-refractivity contribution < 1.29 is 19.1 Å². The lowest BCUT2D eigenvalue weighted by molar-refractivity contribution is -0.128. The van der Waals surface area contributed by atoms with Crippen LogP contribution in [-0.2, 0) is 23.2 Å². The first kappa shape index (κ1) is 20.5. The lowest BCUT2D eigenvalue weighted by atomic mass is 10.1. The van der Waals surface area contributed by atoms with E-state index in [1.54, 1.807) is 13.2 Å². The summed E-state index contributed by atoms with van der Waals surface area (Å²) in [6.45, 7) is 0.119. The van der Waals surface area contributed by atoms with Crippen molar-refractivity contribution in [3.63, 3.8) is 0 Å². The number of amides is 4. The van der Waals surface area contributed by atoms with E-state index in [2.05, 4.69) is 10.6 Å². The number of methoxy groups -OCH3 is 1. The summed E-state index contributed by atoms with van der Waals surface area (Å²) in [6, 6.07) is 13.8. The molecule has 1 atom stereocenters. The van der Waals surface area contributed by atoms with Crippen molar-refractivity contribution in [2.75, 3.05) is 12.4 Å². The first-order valence-corrected chi connectivity index (χ1v) is 10.0. The Morgan fingerprint density at radius 2 is 1.97 bits per heavy atom. The predicted molar refractivity (Wildman–Crippen MR) is 117 cm³/mol. The molecule has 2 aromatic carbocycles. The highest BCUT2D eigenvalue weighted by Gasteiger charge is 2.38. The second-order valence-corrected chi connectivity index (χ2v) is 7.53. The van der Waals surface area contributed by atoms with Crippen LogP contribution in [0.4, 0.5) is 10.5 Å². The van der Waals surface area contributed by atoms with Crippen molar-refractivity contribution in [3.05, 3.63) is 60.3 Å². The van der Waals surface area contributed by atoms with Crippen LogP contribution in [0.15, 0.2) is 54.7 Å². The van der Waals surface area contributed by atoms with Gasteiger partial charge in [-0.3, -0.25) is 14.5 Å². The maximum atomic E-state index is 12.7. The second-order valence-electron chi connectivity index (χ2n) is 7.53. The Labute approximate surface area is 179 Å². The van der Waals surface area contributed by atoms with Crippen molar-refractivity contribution >= 4 is 34.4 Å². The van der Waals surface area contributed by atoms with E-state index in [1.165, 1.54) is 0 Å². The van der Waals surface area contributed by atoms with Gasteiger partial charge in [0, 0.05) is 36.4 Å². The number of aromatic nitrogens is 1. The molecule has 2 heterocycles. The molecule has 0 radical (unpaired) electrons. The molecule has 8 heteroatoms. The third-order valence-electron chi connectivity index (χ3n) is 5.46. The smallest absolute Gasteiger partial charge is 0.325 e. The van der Waals surface area contributed by atoms with Gasteiger partial charge in [-0.05, 0) is 36.1 Å². The highest BCUT2D eigenvalue weighted by Crippen LogP contribution is 2.23. The lowest BCUT2D eigenvalue weighted by Crippen LogP contribution is -2.31. The molecule has 0 bridgehead atoms. The summed E-state index contributed by atoms with van der Waals surface area (Å²) in [5.41, 5.74) is 2.45. The monoisotopic (exact) mass is 420 g/mol. The minimum atomic E-state index is -0.719. The van der Waals surface area contributed by atoms with Crippen LogP contribution < -0.4 is 15.4 Å². The van der Waals surface area contributed by atoms with E-state index in [0.717, 1.165) is 21.4 Å². The number of rotatable bonds is 7. The highest BCUT2D eigenvalue weighted by atomic mass is 16.5. The molecule has 1 saturated heterocycles. The molecule has 2 N–H and O–H groups in total. The lowest BCUT2D eigenvalue weighted by Gasteiger charge is -2.15. The number of nitrogens with one attached hydrogen (secondary N) is 2. The molecule has 0 spiro atoms. The maximum Gasteiger partial charge on any atom is 0.325 e. The van der Waals surface area contributed by atoms with Crippen LogP contribution in [0.5, 0.6) is 5.75 Å². The Hall–Kier alpha value is -3.81. The number of carbonyl (C=O) groups is 3. The minimum Gasteiger partial charge on any atom is -0.496 e. The van der Waals surface area contributed by atoms with E-state index < -0.39 is 12.1 Å². The molecule has 1 fully saturated rings. The number of carbonyl (C=O) groups excluding carboxylic acids is 3. The summed E-state index contributed by atoms with van der Waals surface area (Å²) in [4.78, 5) is 38.6. The number of para-hydroxylation sites is 1. The molecular weight excluding hydrogens is 396 g/mol. The molecule has 0 unspecified atom stereocenters. The van der Waals surface area contributed by atoms with Gasteiger partial charge < -0.3 is 19.9 Å². The van der Waals surface area contributed by atoms with Crippen LogP contribution in [-0.4, -0.2) is 40.5 Å². The molecule has 4 amide bonds. The zero-order chi connectivity index (χ0) is 22.0. The molecule has 31 heavy (non-hydrogen) atoms. The van der Waals surface area contributed by atoms with E-state index in [-0.39, 0.29) is 31.2 Å². The van der Waals surface area contributed by atoms with Gasteiger partial charge in [0.2, 0.25) is 5.91 Å². The summed E-state index contributed by atoms with van der Waals surface area (Å²) in [7, 11) is 3.49. The zero-order valence-corrected chi connectivity index (χ0v) is 17.4. The van der Waals surface area contributed by atoms with Gasteiger partial charge in [-0.1, -0.05) is 24.3 Å². The minimum absolute atomic E-state index is 0.115. The number of fused-ring (bicyclic) bond motifs is 1. The molecule has 8 nitrogen and oxygen atoms in total. The molecule has 0 aliphatic carbocycles. The van der Waals surface area contributed by atoms with Crippen LogP contribution >= 0.6 is 0 Å². The Bertz CT molecular complexity index is 1150. The first-order chi connectivity index (χ1) is 15.0. The molecule has 1 aromatic heterocycles. The summed E-state index contributed by atoms with van der Waals surface area (Å²) >= 11 is 0. The third-order valence-corrected chi connectivity index (χ3v) is 5.46. The number of ether oxygens (including phenoxy) is 1. The largest absolute Gasteiger partial charge is 0.496 e. The molecular formula is C23H24N4O4. The van der Waals surface area contributed by atoms with E-state index in [4.69, 9.17) is 4.74 Å². The topological polar surface area (TPSA) is 92.7 Å². The van der Waals surface area contributed by atoms with E-state index in [1.807, 2.05) is 60.3 Å². The van der Waals surface area contributed by atoms with Crippen molar-refractivity contribution in [1.82, 2.24) is 14.8 Å². The van der Waals surface area contributed by atoms with E-state index in [9.17, 15) is 14.4 Å². The average Bonchev–Trinajstić information content (AvgIpc) is 3.26. The first-order valence-electron chi connectivity index (χ1n) is 10.0. The van der Waals surface area contributed by atoms with Gasteiger partial charge in [-0.15, -0.1) is 0 Å². The zero-order valence-electron chi connectivity index (χ0n) is 17.4. The molecule has 0 saturated carbocycles. The van der Waals surface area contributed by atoms with Crippen LogP contribution in [0.25, 0.3) is 10.9 Å². The van der Waals surface area contributed by atoms with Crippen molar-refractivity contribution in [2.45, 2.75) is 25.4 Å². The Morgan fingerprint density at radius 3 is 2.77 bits per heavy atom. The van der Waals surface area contributed by atoms with E-state index in [0.29, 0.717) is 11.4 Å². The van der Waals surface area contributed by atoms with Crippen LogP contribution in [0.3, 0.4) is 0 Å². The number of imide groups is 1. The average molecular weight is 420 g/mol. The van der Waals surface area contributed by atoms with E-state index >= 15 is 0 Å². The number of hydrogen-bond acceptors (Lipinski definition) is 4. The number of nitrogens with zero attached hydrogens (tertiary/aromatic N) is 2. The summed E-state index contributed by atoms with van der Waals surface area (Å²) in [5.74, 6) is 0.0637. The second kappa shape index (κ2) is 8.51. The molecule has 4 rings (SSSR count). The van der Waals surface area contributed by atoms with Crippen molar-refractivity contribution in [1.29, 1.82) is 0 Å². The highest BCUT2D eigenvalue weighted by molar-refractivity contribution is 6.04. The normalized spacial score (nSPS) is 15.9. The Balaban J connectivity index is 1.35. The SMILES string of the molecule is COc1ccccc1CN1C(=O)N[C@H](CCC(=O)Nc2ccc3ccn(C)c3c2)C1=O. The van der Waals surface area contributed by atoms with Gasteiger partial charge in [-0.2, -0.15) is 0 Å². The number of hydrogen-bond donors (Lipinski definition) is 2. The van der Waals surface area contributed by atoms with Crippen LogP contribution in [0.2, 0.25) is 0 Å². The quantitative estimate of drug-likeness (QED) is 0.575. The fourth-order valence-electron chi connectivity index (χ4n) is 3.77. The Morgan fingerprint density at radius 1 is 1.16 bits per heavy atom. The van der Waals surface area contributed by atoms with Gasteiger partial charge in [0.1, 0.15) is 11.8 Å². The van der Waals surface area contributed by atoms with Gasteiger partial charge >= 0.3 is 6.03 Å². The number of anilines is 1. The van der Waals surface area contributed by atoms with Gasteiger partial charge in [-0.25, -0.2) is 4.79 Å². The van der Waals surface area contributed by atoms with Gasteiger partial charge in [0.05, 0.1) is 13.7 Å². The van der Waals surface area contributed by atoms with Crippen LogP contribution in [0.1, 0.15) is 18.4 Å². The van der Waals surface area contributed by atoms with Crippen molar-refractivity contribution in [3.8, 4) is 5.75 Å². The van der Waals surface area contributed by atoms with Gasteiger partial charge in [0.15, 0.2) is 0 Å². The third kappa shape index (κ3) is 4.23. The van der Waals surface area contributed by atoms with Crippen molar-refractivity contribution in [2.24, 2.45) is 7.05 Å². The summed E-state index contributed by atoms with van der Waals surface area (Å²) < 4.78 is 7.27. The number of benzene rings is 2. The summed E-state index contributed by atoms with van der Waals surface area (Å²) in [6.07, 6.45) is 2.30. The summed E-state index contributed by atoms with van der Waals surface area (Å²) in [5, 5.41) is 6.63. The van der Waals surface area contributed by atoms with Crippen LogP contribution in [0, 0.1) is 0 Å². The fourth-order valence-corrected chi connectivity index (χ4v) is 3.77. The Kier molecular flexibility index (Phi) is 5.62. The molecule has 3 aromatic rings.